The van der Waals surface area contributed by atoms with E-state index in [1.807, 2.05) is 11.0 Å². The molecule has 1 fully saturated rings. The predicted octanol–water partition coefficient (Wildman–Crippen LogP) is -0.0779. The Kier molecular flexibility index (Phi) is 7.52. The fourth-order valence-corrected chi connectivity index (χ4v) is 3.51. The second-order valence-electron chi connectivity index (χ2n) is 5.93. The Balaban J connectivity index is 1.56. The Bertz CT molecular complexity index is 563. The number of carbonyl (C=O) groups is 2. The quantitative estimate of drug-likeness (QED) is 0.674. The van der Waals surface area contributed by atoms with Gasteiger partial charge in [-0.2, -0.15) is 11.8 Å². The fraction of sp³-hybridized carbons (Fsp3) is 0.529. The number of carbonyl (C=O) groups excluding carboxylic acids is 2. The molecule has 0 aromatic heterocycles. The second-order valence-corrected chi connectivity index (χ2v) is 7.03. The van der Waals surface area contributed by atoms with Gasteiger partial charge >= 0.3 is 0 Å². The van der Waals surface area contributed by atoms with Gasteiger partial charge in [-0.25, -0.2) is 4.39 Å². The number of nitrogens with one attached hydrogen (secondary N) is 2. The molecule has 0 spiro atoms. The molecule has 1 aromatic carbocycles. The van der Waals surface area contributed by atoms with Crippen LogP contribution in [0.25, 0.3) is 0 Å². The third-order valence-corrected chi connectivity index (χ3v) is 5.12. The topological polar surface area (TPSA) is 53.9 Å². The van der Waals surface area contributed by atoms with Crippen molar-refractivity contribution in [2.75, 3.05) is 45.0 Å². The van der Waals surface area contributed by atoms with Crippen molar-refractivity contribution in [3.05, 3.63) is 35.6 Å². The molecule has 0 unspecified atom stereocenters. The van der Waals surface area contributed by atoms with Gasteiger partial charge in [-0.3, -0.25) is 9.59 Å². The lowest BCUT2D eigenvalue weighted by Crippen LogP contribution is -3.15. The number of quaternary nitrogens is 1. The minimum absolute atomic E-state index is 0.0350. The summed E-state index contributed by atoms with van der Waals surface area (Å²) in [6.07, 6.45) is 0. The lowest BCUT2D eigenvalue weighted by atomic mass is 10.2. The molecule has 1 aliphatic heterocycles. The number of piperazine rings is 1. The molecule has 1 aromatic rings. The van der Waals surface area contributed by atoms with Crippen molar-refractivity contribution in [3.8, 4) is 0 Å². The van der Waals surface area contributed by atoms with Crippen molar-refractivity contribution >= 4 is 23.6 Å². The van der Waals surface area contributed by atoms with E-state index in [4.69, 9.17) is 0 Å². The molecule has 0 radical (unpaired) electrons. The van der Waals surface area contributed by atoms with Gasteiger partial charge in [0.15, 0.2) is 6.54 Å². The van der Waals surface area contributed by atoms with Crippen molar-refractivity contribution in [3.63, 3.8) is 0 Å². The first-order valence-corrected chi connectivity index (χ1v) is 9.38. The summed E-state index contributed by atoms with van der Waals surface area (Å²) in [5.74, 6) is 1.33. The maximum absolute atomic E-state index is 13.5. The molecular weight excluding hydrogens is 329 g/mol. The van der Waals surface area contributed by atoms with E-state index in [1.54, 1.807) is 30.8 Å². The third-order valence-electron chi connectivity index (χ3n) is 4.11. The van der Waals surface area contributed by atoms with Crippen molar-refractivity contribution in [2.45, 2.75) is 12.7 Å². The number of benzene rings is 1. The van der Waals surface area contributed by atoms with Crippen LogP contribution in [0.1, 0.15) is 12.5 Å². The maximum Gasteiger partial charge on any atom is 0.275 e. The monoisotopic (exact) mass is 354 g/mol. The summed E-state index contributed by atoms with van der Waals surface area (Å²) in [6.45, 7) is 5.68. The zero-order chi connectivity index (χ0) is 17.4. The first-order chi connectivity index (χ1) is 11.6. The van der Waals surface area contributed by atoms with Crippen LogP contribution >= 0.6 is 11.8 Å². The summed E-state index contributed by atoms with van der Waals surface area (Å²) in [6, 6.07) is 6.76. The number of amides is 2. The molecule has 7 heteroatoms. The molecular formula is C17H25FN3O2S+. The highest BCUT2D eigenvalue weighted by atomic mass is 32.2. The molecule has 0 saturated carbocycles. The zero-order valence-corrected chi connectivity index (χ0v) is 14.8. The van der Waals surface area contributed by atoms with E-state index in [0.717, 1.165) is 31.9 Å². The smallest absolute Gasteiger partial charge is 0.275 e. The molecule has 0 bridgehead atoms. The van der Waals surface area contributed by atoms with Crippen LogP contribution in [0.2, 0.25) is 0 Å². The molecule has 2 N–H and O–H groups in total. The molecule has 2 rings (SSSR count). The van der Waals surface area contributed by atoms with Gasteiger partial charge in [0.2, 0.25) is 5.91 Å². The number of thioether (sulfide) groups is 1. The van der Waals surface area contributed by atoms with Crippen LogP contribution in [0.15, 0.2) is 24.3 Å². The summed E-state index contributed by atoms with van der Waals surface area (Å²) in [4.78, 5) is 26.2. The minimum Gasteiger partial charge on any atom is -0.350 e. The Morgan fingerprint density at radius 2 is 2.00 bits per heavy atom. The Hall–Kier alpha value is -1.60. The second kappa shape index (κ2) is 9.64. The average Bonchev–Trinajstić information content (AvgIpc) is 2.56. The van der Waals surface area contributed by atoms with Crippen molar-refractivity contribution < 1.29 is 18.9 Å². The number of nitrogens with zero attached hydrogens (tertiary/aromatic N) is 1. The fourth-order valence-electron chi connectivity index (χ4n) is 2.66. The van der Waals surface area contributed by atoms with Gasteiger partial charge in [-0.15, -0.1) is 0 Å². The van der Waals surface area contributed by atoms with Gasteiger partial charge in [-0.05, 0) is 11.6 Å². The summed E-state index contributed by atoms with van der Waals surface area (Å²) in [5.41, 5.74) is 0.696. The highest BCUT2D eigenvalue weighted by Gasteiger charge is 2.23. The lowest BCUT2D eigenvalue weighted by Gasteiger charge is -2.31. The van der Waals surface area contributed by atoms with E-state index >= 15 is 0 Å². The SMILES string of the molecule is CC(=O)N1CC[NH+](CC(=O)NCCSCc2ccccc2F)CC1. The molecule has 1 saturated heterocycles. The largest absolute Gasteiger partial charge is 0.350 e. The highest BCUT2D eigenvalue weighted by Crippen LogP contribution is 2.14. The van der Waals surface area contributed by atoms with Gasteiger partial charge in [0.05, 0.1) is 26.2 Å². The number of hydrogen-bond acceptors (Lipinski definition) is 3. The van der Waals surface area contributed by atoms with Crippen LogP contribution in [0.3, 0.4) is 0 Å². The first-order valence-electron chi connectivity index (χ1n) is 8.23. The standard InChI is InChI=1S/C17H24FN3O2S/c1-14(22)21-9-7-20(8-10-21)12-17(23)19-6-11-24-13-15-4-2-3-5-16(15)18/h2-5H,6-13H2,1H3,(H,19,23)/p+1. The van der Waals surface area contributed by atoms with E-state index in [-0.39, 0.29) is 17.6 Å². The van der Waals surface area contributed by atoms with Crippen LogP contribution in [-0.4, -0.2) is 61.7 Å². The summed E-state index contributed by atoms with van der Waals surface area (Å²) < 4.78 is 13.5. The predicted molar refractivity (Wildman–Crippen MR) is 93.4 cm³/mol. The van der Waals surface area contributed by atoms with E-state index < -0.39 is 0 Å². The molecule has 0 atom stereocenters. The molecule has 2 amide bonds. The zero-order valence-electron chi connectivity index (χ0n) is 14.0. The van der Waals surface area contributed by atoms with Crippen molar-refractivity contribution in [2.24, 2.45) is 0 Å². The van der Waals surface area contributed by atoms with Crippen molar-refractivity contribution in [1.29, 1.82) is 0 Å². The highest BCUT2D eigenvalue weighted by molar-refractivity contribution is 7.98. The Morgan fingerprint density at radius 3 is 2.67 bits per heavy atom. The molecule has 1 heterocycles. The summed E-state index contributed by atoms with van der Waals surface area (Å²) >= 11 is 1.61. The summed E-state index contributed by atoms with van der Waals surface area (Å²) in [5, 5.41) is 2.91. The third kappa shape index (κ3) is 6.13. The maximum atomic E-state index is 13.5. The normalized spacial score (nSPS) is 15.3. The van der Waals surface area contributed by atoms with E-state index in [9.17, 15) is 14.0 Å². The van der Waals surface area contributed by atoms with E-state index in [1.165, 1.54) is 11.0 Å². The average molecular weight is 354 g/mol. The Morgan fingerprint density at radius 1 is 1.29 bits per heavy atom. The van der Waals surface area contributed by atoms with Crippen LogP contribution < -0.4 is 10.2 Å². The molecule has 5 nitrogen and oxygen atoms in total. The number of hydrogen-bond donors (Lipinski definition) is 2. The van der Waals surface area contributed by atoms with Crippen LogP contribution in [0.4, 0.5) is 4.39 Å². The van der Waals surface area contributed by atoms with E-state index in [0.29, 0.717) is 24.4 Å². The van der Waals surface area contributed by atoms with Gasteiger partial charge in [-0.1, -0.05) is 18.2 Å². The van der Waals surface area contributed by atoms with Gasteiger partial charge in [0.1, 0.15) is 5.82 Å². The van der Waals surface area contributed by atoms with Gasteiger partial charge in [0, 0.05) is 25.0 Å². The lowest BCUT2D eigenvalue weighted by molar-refractivity contribution is -0.896. The van der Waals surface area contributed by atoms with Crippen LogP contribution in [-0.2, 0) is 15.3 Å². The molecule has 132 valence electrons. The molecule has 0 aliphatic carbocycles. The van der Waals surface area contributed by atoms with Crippen LogP contribution in [0, 0.1) is 5.82 Å². The van der Waals surface area contributed by atoms with Crippen molar-refractivity contribution in [1.82, 2.24) is 10.2 Å². The number of halogens is 1. The first kappa shape index (κ1) is 18.7. The van der Waals surface area contributed by atoms with Gasteiger partial charge in [0.25, 0.3) is 5.91 Å². The number of rotatable bonds is 7. The summed E-state index contributed by atoms with van der Waals surface area (Å²) in [7, 11) is 0. The van der Waals surface area contributed by atoms with Crippen LogP contribution in [0.5, 0.6) is 0 Å². The van der Waals surface area contributed by atoms with Gasteiger partial charge < -0.3 is 15.1 Å². The molecule has 1 aliphatic rings. The van der Waals surface area contributed by atoms with E-state index in [2.05, 4.69) is 5.32 Å². The molecule has 24 heavy (non-hydrogen) atoms. The Labute approximate surface area is 146 Å². The minimum atomic E-state index is -0.178.